The fourth-order valence-electron chi connectivity index (χ4n) is 1.17. The van der Waals surface area contributed by atoms with E-state index in [0.717, 1.165) is 4.47 Å². The van der Waals surface area contributed by atoms with Crippen molar-refractivity contribution in [3.8, 4) is 0 Å². The van der Waals surface area contributed by atoms with Crippen molar-refractivity contribution >= 4 is 38.6 Å². The summed E-state index contributed by atoms with van der Waals surface area (Å²) in [6, 6.07) is 3.19. The van der Waals surface area contributed by atoms with E-state index in [0.29, 0.717) is 18.8 Å². The normalized spacial score (nSPS) is 13.7. The van der Waals surface area contributed by atoms with Crippen molar-refractivity contribution in [2.45, 2.75) is 18.6 Å². The number of nitrogens with one attached hydrogen (secondary N) is 2. The van der Waals surface area contributed by atoms with E-state index in [2.05, 4.69) is 31.5 Å². The third-order valence-electron chi connectivity index (χ3n) is 2.37. The van der Waals surface area contributed by atoms with Crippen molar-refractivity contribution < 1.29 is 9.00 Å². The minimum atomic E-state index is -0.855. The molecule has 1 aromatic rings. The number of rotatable bonds is 5. The number of aromatic nitrogens is 1. The van der Waals surface area contributed by atoms with E-state index >= 15 is 0 Å². The first-order valence-electron chi connectivity index (χ1n) is 5.47. The minimum absolute atomic E-state index is 0.0797. The van der Waals surface area contributed by atoms with Crippen LogP contribution in [0.2, 0.25) is 0 Å². The van der Waals surface area contributed by atoms with Gasteiger partial charge in [0, 0.05) is 39.5 Å². The van der Waals surface area contributed by atoms with Gasteiger partial charge in [0.25, 0.3) is 0 Å². The quantitative estimate of drug-likeness (QED) is 0.866. The second-order valence-corrected chi connectivity index (χ2v) is 6.56. The first kappa shape index (κ1) is 15.1. The van der Waals surface area contributed by atoms with Gasteiger partial charge in [0.15, 0.2) is 0 Å². The summed E-state index contributed by atoms with van der Waals surface area (Å²) >= 11 is 3.26. The molecule has 7 heteroatoms. The molecule has 0 bridgehead atoms. The van der Waals surface area contributed by atoms with Gasteiger partial charge in [0.05, 0.1) is 0 Å². The molecule has 1 heterocycles. The Morgan fingerprint density at radius 3 is 2.83 bits per heavy atom. The predicted molar refractivity (Wildman–Crippen MR) is 77.1 cm³/mol. The number of halogens is 1. The fraction of sp³-hybridized carbons (Fsp3) is 0.455. The van der Waals surface area contributed by atoms with Crippen molar-refractivity contribution in [1.29, 1.82) is 0 Å². The molecule has 0 unspecified atom stereocenters. The molecule has 5 nitrogen and oxygen atoms in total. The van der Waals surface area contributed by atoms with Crippen LogP contribution in [-0.4, -0.2) is 33.3 Å². The molecule has 2 amide bonds. The van der Waals surface area contributed by atoms with E-state index < -0.39 is 10.8 Å². The molecule has 100 valence electrons. The molecule has 2 atom stereocenters. The topological polar surface area (TPSA) is 71.1 Å². The first-order valence-corrected chi connectivity index (χ1v) is 7.89. The standard InChI is InChI=1S/C11H16BrN3O2S/c1-8(18(2)17)5-6-13-11(16)15-10-4-3-9(12)7-14-10/h3-4,7-8H,5-6H2,1-2H3,(H2,13,14,15,16)/t8-,18+/m0/s1. The van der Waals surface area contributed by atoms with Gasteiger partial charge in [-0.1, -0.05) is 6.92 Å². The Labute approximate surface area is 117 Å². The van der Waals surface area contributed by atoms with Gasteiger partial charge in [0.2, 0.25) is 0 Å². The maximum atomic E-state index is 11.5. The molecule has 0 aliphatic rings. The van der Waals surface area contributed by atoms with Crippen LogP contribution in [0.15, 0.2) is 22.8 Å². The number of hydrogen-bond acceptors (Lipinski definition) is 3. The van der Waals surface area contributed by atoms with Gasteiger partial charge in [-0.15, -0.1) is 0 Å². The average molecular weight is 334 g/mol. The highest BCUT2D eigenvalue weighted by Gasteiger charge is 2.07. The van der Waals surface area contributed by atoms with Crippen LogP contribution in [0.4, 0.5) is 10.6 Å². The number of nitrogens with zero attached hydrogens (tertiary/aromatic N) is 1. The second kappa shape index (κ2) is 7.48. The number of urea groups is 1. The van der Waals surface area contributed by atoms with E-state index in [1.807, 2.05) is 6.92 Å². The Morgan fingerprint density at radius 2 is 2.28 bits per heavy atom. The molecule has 0 radical (unpaired) electrons. The van der Waals surface area contributed by atoms with E-state index in [4.69, 9.17) is 0 Å². The Bertz CT molecular complexity index is 425. The molecule has 0 aliphatic carbocycles. The Balaban J connectivity index is 2.30. The predicted octanol–water partition coefficient (Wildman–Crippen LogP) is 2.12. The van der Waals surface area contributed by atoms with Crippen LogP contribution >= 0.6 is 15.9 Å². The molecule has 0 saturated carbocycles. The van der Waals surface area contributed by atoms with Gasteiger partial charge >= 0.3 is 6.03 Å². The minimum Gasteiger partial charge on any atom is -0.338 e. The van der Waals surface area contributed by atoms with Gasteiger partial charge in [-0.05, 0) is 34.5 Å². The number of carbonyl (C=O) groups is 1. The molecule has 0 aliphatic heterocycles. The smallest absolute Gasteiger partial charge is 0.320 e. The third kappa shape index (κ3) is 5.59. The Morgan fingerprint density at radius 1 is 1.56 bits per heavy atom. The van der Waals surface area contributed by atoms with Crippen LogP contribution in [0.25, 0.3) is 0 Å². The van der Waals surface area contributed by atoms with Crippen LogP contribution in [0.5, 0.6) is 0 Å². The summed E-state index contributed by atoms with van der Waals surface area (Å²) in [5.74, 6) is 0.489. The van der Waals surface area contributed by atoms with Gasteiger partial charge in [-0.2, -0.15) is 0 Å². The van der Waals surface area contributed by atoms with E-state index in [9.17, 15) is 9.00 Å². The maximum absolute atomic E-state index is 11.5. The van der Waals surface area contributed by atoms with Crippen LogP contribution < -0.4 is 10.6 Å². The fourth-order valence-corrected chi connectivity index (χ4v) is 1.85. The lowest BCUT2D eigenvalue weighted by molar-refractivity contribution is 0.252. The van der Waals surface area contributed by atoms with E-state index in [1.54, 1.807) is 24.6 Å². The molecule has 0 aromatic carbocycles. The molecule has 0 saturated heterocycles. The molecule has 0 fully saturated rings. The average Bonchev–Trinajstić information content (AvgIpc) is 2.32. The van der Waals surface area contributed by atoms with Gasteiger partial charge < -0.3 is 5.32 Å². The van der Waals surface area contributed by atoms with Crippen molar-refractivity contribution in [3.63, 3.8) is 0 Å². The molecule has 1 rings (SSSR count). The highest BCUT2D eigenvalue weighted by atomic mass is 79.9. The molecular formula is C11H16BrN3O2S. The molecular weight excluding hydrogens is 318 g/mol. The van der Waals surface area contributed by atoms with Crippen molar-refractivity contribution in [3.05, 3.63) is 22.8 Å². The summed E-state index contributed by atoms with van der Waals surface area (Å²) in [6.07, 6.45) is 3.96. The monoisotopic (exact) mass is 333 g/mol. The Kier molecular flexibility index (Phi) is 6.28. The molecule has 1 aromatic heterocycles. The SMILES string of the molecule is C[C@@H](CCNC(=O)Nc1ccc(Br)cn1)[S@@](C)=O. The summed E-state index contributed by atoms with van der Waals surface area (Å²) in [4.78, 5) is 15.5. The number of amides is 2. The van der Waals surface area contributed by atoms with Crippen LogP contribution in [-0.2, 0) is 10.8 Å². The number of hydrogen-bond donors (Lipinski definition) is 2. The lowest BCUT2D eigenvalue weighted by Crippen LogP contribution is -2.31. The summed E-state index contributed by atoms with van der Waals surface area (Å²) in [5.41, 5.74) is 0. The van der Waals surface area contributed by atoms with Crippen LogP contribution in [0, 0.1) is 0 Å². The van der Waals surface area contributed by atoms with Crippen molar-refractivity contribution in [2.75, 3.05) is 18.1 Å². The third-order valence-corrected chi connectivity index (χ3v) is 4.21. The Hall–Kier alpha value is -0.950. The largest absolute Gasteiger partial charge is 0.338 e. The number of carbonyl (C=O) groups excluding carboxylic acids is 1. The summed E-state index contributed by atoms with van der Waals surface area (Å²) in [5, 5.41) is 5.39. The van der Waals surface area contributed by atoms with Crippen LogP contribution in [0.3, 0.4) is 0 Å². The van der Waals surface area contributed by atoms with E-state index in [1.165, 1.54) is 0 Å². The summed E-state index contributed by atoms with van der Waals surface area (Å²) in [6.45, 7) is 2.38. The zero-order valence-corrected chi connectivity index (χ0v) is 12.7. The maximum Gasteiger partial charge on any atom is 0.320 e. The number of anilines is 1. The second-order valence-electron chi connectivity index (χ2n) is 3.84. The van der Waals surface area contributed by atoms with Gasteiger partial charge in [-0.3, -0.25) is 9.53 Å². The van der Waals surface area contributed by atoms with Crippen LogP contribution in [0.1, 0.15) is 13.3 Å². The lowest BCUT2D eigenvalue weighted by Gasteiger charge is -2.10. The zero-order chi connectivity index (χ0) is 13.5. The van der Waals surface area contributed by atoms with Crippen molar-refractivity contribution in [1.82, 2.24) is 10.3 Å². The first-order chi connectivity index (χ1) is 8.49. The molecule has 18 heavy (non-hydrogen) atoms. The number of pyridine rings is 1. The highest BCUT2D eigenvalue weighted by Crippen LogP contribution is 2.10. The molecule has 0 spiro atoms. The lowest BCUT2D eigenvalue weighted by atomic mass is 10.3. The highest BCUT2D eigenvalue weighted by molar-refractivity contribution is 9.10. The molecule has 2 N–H and O–H groups in total. The van der Waals surface area contributed by atoms with E-state index in [-0.39, 0.29) is 11.3 Å². The van der Waals surface area contributed by atoms with Gasteiger partial charge in [0.1, 0.15) is 5.82 Å². The zero-order valence-electron chi connectivity index (χ0n) is 10.3. The van der Waals surface area contributed by atoms with Gasteiger partial charge in [-0.25, -0.2) is 9.78 Å². The summed E-state index contributed by atoms with van der Waals surface area (Å²) in [7, 11) is -0.855. The van der Waals surface area contributed by atoms with Crippen molar-refractivity contribution in [2.24, 2.45) is 0 Å². The summed E-state index contributed by atoms with van der Waals surface area (Å²) < 4.78 is 12.0.